The molecule has 3 rings (SSSR count). The molecule has 0 bridgehead atoms. The Balaban J connectivity index is 1.91. The average molecular weight is 402 g/mol. The third-order valence-electron chi connectivity index (χ3n) is 4.93. The first kappa shape index (κ1) is 21.3. The lowest BCUT2D eigenvalue weighted by Gasteiger charge is -2.29. The SMILES string of the molecule is C#CCCc1cc(/C=C/C(=O)c2ccc(OC)c3c2OC(C)(C)C=C3)ccc1OC. The second kappa shape index (κ2) is 8.92. The third-order valence-corrected chi connectivity index (χ3v) is 4.93. The van der Waals surface area contributed by atoms with E-state index in [0.717, 1.165) is 28.9 Å². The van der Waals surface area contributed by atoms with Crippen LogP contribution in [-0.4, -0.2) is 25.6 Å². The number of carbonyl (C=O) groups is 1. The molecule has 4 heteroatoms. The number of rotatable bonds is 7. The standard InChI is InChI=1S/C26H26O4/c1-6-7-8-19-17-18(10-13-23(19)28-4)9-12-22(27)20-11-14-24(29-5)21-15-16-26(2,3)30-25(20)21/h1,9-17H,7-8H2,2-5H3/b12-9+. The van der Waals surface area contributed by atoms with Crippen molar-refractivity contribution in [3.63, 3.8) is 0 Å². The molecule has 0 saturated heterocycles. The molecular formula is C26H26O4. The van der Waals surface area contributed by atoms with E-state index in [-0.39, 0.29) is 5.78 Å². The van der Waals surface area contributed by atoms with Crippen LogP contribution in [0, 0.1) is 12.3 Å². The van der Waals surface area contributed by atoms with E-state index in [1.54, 1.807) is 38.5 Å². The Labute approximate surface area is 178 Å². The maximum absolute atomic E-state index is 13.0. The van der Waals surface area contributed by atoms with Crippen LogP contribution < -0.4 is 14.2 Å². The van der Waals surface area contributed by atoms with Crippen molar-refractivity contribution < 1.29 is 19.0 Å². The minimum atomic E-state index is -0.500. The molecule has 0 radical (unpaired) electrons. The van der Waals surface area contributed by atoms with E-state index < -0.39 is 5.60 Å². The number of fused-ring (bicyclic) bond motifs is 1. The summed E-state index contributed by atoms with van der Waals surface area (Å²) < 4.78 is 16.9. The zero-order valence-electron chi connectivity index (χ0n) is 17.8. The minimum absolute atomic E-state index is 0.138. The van der Waals surface area contributed by atoms with Gasteiger partial charge in [-0.15, -0.1) is 12.3 Å². The van der Waals surface area contributed by atoms with Crippen LogP contribution in [0.2, 0.25) is 0 Å². The van der Waals surface area contributed by atoms with Crippen molar-refractivity contribution in [2.75, 3.05) is 14.2 Å². The number of carbonyl (C=O) groups excluding carboxylic acids is 1. The van der Waals surface area contributed by atoms with E-state index in [1.165, 1.54) is 0 Å². The highest BCUT2D eigenvalue weighted by atomic mass is 16.5. The van der Waals surface area contributed by atoms with Crippen LogP contribution in [0.5, 0.6) is 17.2 Å². The fourth-order valence-electron chi connectivity index (χ4n) is 3.37. The molecule has 0 fully saturated rings. The highest BCUT2D eigenvalue weighted by molar-refractivity contribution is 6.09. The molecule has 0 amide bonds. The van der Waals surface area contributed by atoms with Crippen LogP contribution in [0.1, 0.15) is 47.3 Å². The Morgan fingerprint density at radius 2 is 1.90 bits per heavy atom. The summed E-state index contributed by atoms with van der Waals surface area (Å²) in [4.78, 5) is 13.0. The Morgan fingerprint density at radius 1 is 1.17 bits per heavy atom. The van der Waals surface area contributed by atoms with Gasteiger partial charge in [-0.25, -0.2) is 0 Å². The predicted octanol–water partition coefficient (Wildman–Crippen LogP) is 5.35. The zero-order valence-corrected chi connectivity index (χ0v) is 17.8. The van der Waals surface area contributed by atoms with Crippen molar-refractivity contribution in [3.05, 3.63) is 64.7 Å². The summed E-state index contributed by atoms with van der Waals surface area (Å²) in [5, 5.41) is 0. The molecule has 1 aliphatic heterocycles. The molecule has 30 heavy (non-hydrogen) atoms. The van der Waals surface area contributed by atoms with E-state index in [4.69, 9.17) is 20.6 Å². The lowest BCUT2D eigenvalue weighted by Crippen LogP contribution is -2.28. The normalized spacial score (nSPS) is 14.0. The van der Waals surface area contributed by atoms with Crippen molar-refractivity contribution in [1.29, 1.82) is 0 Å². The van der Waals surface area contributed by atoms with Crippen molar-refractivity contribution >= 4 is 17.9 Å². The monoisotopic (exact) mass is 402 g/mol. The highest BCUT2D eigenvalue weighted by Gasteiger charge is 2.27. The summed E-state index contributed by atoms with van der Waals surface area (Å²) >= 11 is 0. The van der Waals surface area contributed by atoms with Crippen LogP contribution in [0.4, 0.5) is 0 Å². The lowest BCUT2D eigenvalue weighted by molar-refractivity contribution is 0.103. The number of ketones is 1. The summed E-state index contributed by atoms with van der Waals surface area (Å²) in [6.07, 6.45) is 14.0. The molecule has 154 valence electrons. The number of aryl methyl sites for hydroxylation is 1. The van der Waals surface area contributed by atoms with E-state index in [2.05, 4.69) is 5.92 Å². The maximum atomic E-state index is 13.0. The van der Waals surface area contributed by atoms with Crippen LogP contribution in [-0.2, 0) is 6.42 Å². The molecule has 0 aromatic heterocycles. The number of ether oxygens (including phenoxy) is 3. The fourth-order valence-corrected chi connectivity index (χ4v) is 3.37. The quantitative estimate of drug-likeness (QED) is 0.356. The van der Waals surface area contributed by atoms with E-state index in [1.807, 2.05) is 44.2 Å². The molecular weight excluding hydrogens is 376 g/mol. The van der Waals surface area contributed by atoms with Gasteiger partial charge in [-0.2, -0.15) is 0 Å². The Kier molecular flexibility index (Phi) is 6.32. The van der Waals surface area contributed by atoms with E-state index in [0.29, 0.717) is 23.5 Å². The van der Waals surface area contributed by atoms with E-state index >= 15 is 0 Å². The van der Waals surface area contributed by atoms with E-state index in [9.17, 15) is 4.79 Å². The van der Waals surface area contributed by atoms with Crippen molar-refractivity contribution in [2.24, 2.45) is 0 Å². The number of hydrogen-bond donors (Lipinski definition) is 0. The molecule has 1 heterocycles. The Bertz CT molecular complexity index is 1050. The Morgan fingerprint density at radius 3 is 2.60 bits per heavy atom. The highest BCUT2D eigenvalue weighted by Crippen LogP contribution is 2.40. The van der Waals surface area contributed by atoms with Gasteiger partial charge in [0.25, 0.3) is 0 Å². The van der Waals surface area contributed by atoms with Crippen LogP contribution in [0.15, 0.2) is 42.5 Å². The zero-order chi connectivity index (χ0) is 21.7. The molecule has 2 aromatic rings. The van der Waals surface area contributed by atoms with Crippen LogP contribution in [0.25, 0.3) is 12.2 Å². The van der Waals surface area contributed by atoms with Gasteiger partial charge in [0.1, 0.15) is 22.8 Å². The molecule has 1 aliphatic rings. The maximum Gasteiger partial charge on any atom is 0.189 e. The van der Waals surface area contributed by atoms with Gasteiger partial charge in [0.2, 0.25) is 0 Å². The Hall–Kier alpha value is -3.45. The lowest BCUT2D eigenvalue weighted by atomic mass is 9.97. The van der Waals surface area contributed by atoms with Gasteiger partial charge in [0.15, 0.2) is 5.78 Å². The smallest absolute Gasteiger partial charge is 0.189 e. The fraction of sp³-hybridized carbons (Fsp3) is 0.269. The van der Waals surface area contributed by atoms with Gasteiger partial charge < -0.3 is 14.2 Å². The summed E-state index contributed by atoms with van der Waals surface area (Å²) in [7, 11) is 3.24. The summed E-state index contributed by atoms with van der Waals surface area (Å²) in [5.74, 6) is 4.51. The topological polar surface area (TPSA) is 44.8 Å². The van der Waals surface area contributed by atoms with Crippen molar-refractivity contribution in [3.8, 4) is 29.6 Å². The molecule has 4 nitrogen and oxygen atoms in total. The first-order valence-corrected chi connectivity index (χ1v) is 9.80. The summed E-state index contributed by atoms with van der Waals surface area (Å²) in [5.41, 5.74) is 2.69. The van der Waals surface area contributed by atoms with Crippen LogP contribution in [0.3, 0.4) is 0 Å². The van der Waals surface area contributed by atoms with Crippen molar-refractivity contribution in [1.82, 2.24) is 0 Å². The number of methoxy groups -OCH3 is 2. The number of hydrogen-bond acceptors (Lipinski definition) is 4. The summed E-state index contributed by atoms with van der Waals surface area (Å²) in [6, 6.07) is 9.32. The second-order valence-corrected chi connectivity index (χ2v) is 7.57. The van der Waals surface area contributed by atoms with Gasteiger partial charge in [-0.1, -0.05) is 12.1 Å². The van der Waals surface area contributed by atoms with Crippen molar-refractivity contribution in [2.45, 2.75) is 32.3 Å². The number of allylic oxidation sites excluding steroid dienone is 1. The molecule has 2 aromatic carbocycles. The van der Waals surface area contributed by atoms with Gasteiger partial charge in [-0.3, -0.25) is 4.79 Å². The number of terminal acetylenes is 1. The molecule has 0 saturated carbocycles. The largest absolute Gasteiger partial charge is 0.496 e. The second-order valence-electron chi connectivity index (χ2n) is 7.57. The summed E-state index contributed by atoms with van der Waals surface area (Å²) in [6.45, 7) is 3.90. The molecule has 0 atom stereocenters. The average Bonchev–Trinajstić information content (AvgIpc) is 2.74. The molecule has 0 unspecified atom stereocenters. The van der Waals surface area contributed by atoms with Gasteiger partial charge in [0.05, 0.1) is 25.3 Å². The number of benzene rings is 2. The third kappa shape index (κ3) is 4.58. The first-order valence-electron chi connectivity index (χ1n) is 9.80. The van der Waals surface area contributed by atoms with Crippen LogP contribution >= 0.6 is 0 Å². The predicted molar refractivity (Wildman–Crippen MR) is 120 cm³/mol. The molecule has 0 spiro atoms. The molecule has 0 N–H and O–H groups in total. The minimum Gasteiger partial charge on any atom is -0.496 e. The van der Waals surface area contributed by atoms with Gasteiger partial charge in [0, 0.05) is 6.42 Å². The van der Waals surface area contributed by atoms with Gasteiger partial charge in [-0.05, 0) is 73.9 Å². The first-order chi connectivity index (χ1) is 14.4. The molecule has 0 aliphatic carbocycles. The van der Waals surface area contributed by atoms with Gasteiger partial charge >= 0.3 is 0 Å².